The summed E-state index contributed by atoms with van der Waals surface area (Å²) in [7, 11) is 3.09. The topological polar surface area (TPSA) is 97.3 Å². The number of hydrogen-bond donors (Lipinski definition) is 2. The van der Waals surface area contributed by atoms with Crippen LogP contribution in [0.25, 0.3) is 22.4 Å². The third-order valence-corrected chi connectivity index (χ3v) is 3.49. The Morgan fingerprint density at radius 1 is 1.13 bits per heavy atom. The van der Waals surface area contributed by atoms with Crippen LogP contribution in [0.2, 0.25) is 0 Å². The lowest BCUT2D eigenvalue weighted by atomic mass is 10.1. The molecule has 0 aliphatic heterocycles. The second kappa shape index (κ2) is 5.60. The minimum atomic E-state index is -1.04. The van der Waals surface area contributed by atoms with Gasteiger partial charge < -0.3 is 19.6 Å². The van der Waals surface area contributed by atoms with Gasteiger partial charge in [0, 0.05) is 5.56 Å². The lowest BCUT2D eigenvalue weighted by Gasteiger charge is -2.09. The highest BCUT2D eigenvalue weighted by Gasteiger charge is 2.16. The van der Waals surface area contributed by atoms with Crippen molar-refractivity contribution in [2.75, 3.05) is 14.2 Å². The molecule has 0 spiro atoms. The van der Waals surface area contributed by atoms with Crippen molar-refractivity contribution >= 4 is 17.1 Å². The maximum atomic E-state index is 11.5. The Labute approximate surface area is 131 Å². The predicted octanol–water partition coefficient (Wildman–Crippen LogP) is 2.65. The number of ether oxygens (including phenoxy) is 2. The van der Waals surface area contributed by atoms with Gasteiger partial charge in [-0.15, -0.1) is 0 Å². The van der Waals surface area contributed by atoms with E-state index < -0.39 is 5.97 Å². The van der Waals surface area contributed by atoms with E-state index in [9.17, 15) is 9.90 Å². The zero-order valence-electron chi connectivity index (χ0n) is 12.9. The van der Waals surface area contributed by atoms with Gasteiger partial charge in [0.25, 0.3) is 0 Å². The molecule has 7 heteroatoms. The lowest BCUT2D eigenvalue weighted by Crippen LogP contribution is -2.00. The molecule has 3 aromatic rings. The molecule has 118 valence electrons. The number of nitrogens with one attached hydrogen (secondary N) is 1. The van der Waals surface area contributed by atoms with Crippen molar-refractivity contribution in [2.24, 2.45) is 0 Å². The number of methoxy groups -OCH3 is 2. The molecule has 0 amide bonds. The monoisotopic (exact) mass is 313 g/mol. The molecule has 0 unspecified atom stereocenters. The number of rotatable bonds is 4. The normalized spacial score (nSPS) is 10.7. The summed E-state index contributed by atoms with van der Waals surface area (Å²) in [5.41, 5.74) is 2.13. The second-order valence-corrected chi connectivity index (χ2v) is 4.95. The van der Waals surface area contributed by atoms with Crippen LogP contribution < -0.4 is 9.47 Å². The van der Waals surface area contributed by atoms with E-state index >= 15 is 0 Å². The molecule has 2 heterocycles. The number of aryl methyl sites for hydroxylation is 1. The summed E-state index contributed by atoms with van der Waals surface area (Å²) in [6, 6.07) is 6.80. The van der Waals surface area contributed by atoms with Crippen LogP contribution >= 0.6 is 0 Å². The first-order valence-electron chi connectivity index (χ1n) is 6.86. The molecule has 0 atom stereocenters. The molecule has 3 rings (SSSR count). The molecular weight excluding hydrogens is 298 g/mol. The quantitative estimate of drug-likeness (QED) is 0.768. The van der Waals surface area contributed by atoms with Crippen LogP contribution in [-0.2, 0) is 0 Å². The zero-order chi connectivity index (χ0) is 16.6. The third kappa shape index (κ3) is 2.57. The molecule has 0 saturated carbocycles. The highest BCUT2D eigenvalue weighted by atomic mass is 16.5. The first-order valence-corrected chi connectivity index (χ1v) is 6.86. The van der Waals surface area contributed by atoms with Gasteiger partial charge in [-0.25, -0.2) is 14.8 Å². The molecule has 0 fully saturated rings. The van der Waals surface area contributed by atoms with Gasteiger partial charge >= 0.3 is 5.97 Å². The Morgan fingerprint density at radius 2 is 1.87 bits per heavy atom. The van der Waals surface area contributed by atoms with E-state index in [-0.39, 0.29) is 5.56 Å². The number of aromatic amines is 1. The molecule has 2 N–H and O–H groups in total. The van der Waals surface area contributed by atoms with Crippen molar-refractivity contribution in [3.8, 4) is 22.8 Å². The molecule has 2 aromatic heterocycles. The van der Waals surface area contributed by atoms with Gasteiger partial charge in [-0.05, 0) is 31.2 Å². The Hall–Kier alpha value is -3.09. The summed E-state index contributed by atoms with van der Waals surface area (Å²) in [6.45, 7) is 1.75. The Kier molecular flexibility index (Phi) is 3.61. The number of carboxylic acid groups (broad SMARTS) is 1. The molecule has 0 radical (unpaired) electrons. The molecule has 23 heavy (non-hydrogen) atoms. The second-order valence-electron chi connectivity index (χ2n) is 4.95. The number of carbonyl (C=O) groups is 1. The van der Waals surface area contributed by atoms with Crippen LogP contribution in [0.1, 0.15) is 16.2 Å². The minimum Gasteiger partial charge on any atom is -0.493 e. The van der Waals surface area contributed by atoms with Gasteiger partial charge in [0.2, 0.25) is 0 Å². The van der Waals surface area contributed by atoms with Gasteiger partial charge in [0.05, 0.1) is 31.0 Å². The highest BCUT2D eigenvalue weighted by molar-refractivity contribution is 6.01. The largest absolute Gasteiger partial charge is 0.493 e. The summed E-state index contributed by atoms with van der Waals surface area (Å²) >= 11 is 0. The number of aromatic nitrogens is 3. The molecular formula is C16H15N3O4. The number of hydrogen-bond acceptors (Lipinski definition) is 5. The van der Waals surface area contributed by atoms with E-state index in [1.807, 2.05) is 0 Å². The van der Waals surface area contributed by atoms with Crippen molar-refractivity contribution in [1.29, 1.82) is 0 Å². The average Bonchev–Trinajstić information content (AvgIpc) is 2.92. The van der Waals surface area contributed by atoms with E-state index in [4.69, 9.17) is 9.47 Å². The first kappa shape index (κ1) is 14.8. The fraction of sp³-hybridized carbons (Fsp3) is 0.188. The molecule has 0 bridgehead atoms. The van der Waals surface area contributed by atoms with Crippen LogP contribution in [0.5, 0.6) is 11.5 Å². The van der Waals surface area contributed by atoms with Crippen LogP contribution in [0, 0.1) is 6.92 Å². The van der Waals surface area contributed by atoms with Gasteiger partial charge in [0.15, 0.2) is 17.1 Å². The number of imidazole rings is 1. The van der Waals surface area contributed by atoms with Gasteiger partial charge in [-0.2, -0.15) is 0 Å². The number of H-pyrrole nitrogens is 1. The van der Waals surface area contributed by atoms with E-state index in [0.29, 0.717) is 39.7 Å². The summed E-state index contributed by atoms with van der Waals surface area (Å²) < 4.78 is 10.5. The molecule has 1 aromatic carbocycles. The number of carboxylic acids is 1. The summed E-state index contributed by atoms with van der Waals surface area (Å²) in [5.74, 6) is 0.704. The van der Waals surface area contributed by atoms with Gasteiger partial charge in [0.1, 0.15) is 5.82 Å². The van der Waals surface area contributed by atoms with E-state index in [0.717, 1.165) is 0 Å². The van der Waals surface area contributed by atoms with Crippen molar-refractivity contribution in [3.05, 3.63) is 35.7 Å². The molecule has 0 aliphatic carbocycles. The van der Waals surface area contributed by atoms with E-state index in [2.05, 4.69) is 15.0 Å². The number of nitrogens with zero attached hydrogens (tertiary/aromatic N) is 2. The standard InChI is InChI=1S/C16H15N3O4/c1-8-17-14-10(16(20)21)7-11(19-15(14)18-8)9-4-5-12(22-2)13(6-9)23-3/h4-7H,1-3H3,(H,20,21)(H,17,18,19). The Balaban J connectivity index is 2.22. The maximum absolute atomic E-state index is 11.5. The van der Waals surface area contributed by atoms with E-state index in [1.165, 1.54) is 13.2 Å². The van der Waals surface area contributed by atoms with Crippen molar-refractivity contribution in [2.45, 2.75) is 6.92 Å². The maximum Gasteiger partial charge on any atom is 0.338 e. The third-order valence-electron chi connectivity index (χ3n) is 3.49. The average molecular weight is 313 g/mol. The smallest absolute Gasteiger partial charge is 0.338 e. The Morgan fingerprint density at radius 3 is 2.52 bits per heavy atom. The number of fused-ring (bicyclic) bond motifs is 1. The minimum absolute atomic E-state index is 0.125. The van der Waals surface area contributed by atoms with Gasteiger partial charge in [-0.3, -0.25) is 0 Å². The van der Waals surface area contributed by atoms with Crippen LogP contribution in [0.15, 0.2) is 24.3 Å². The van der Waals surface area contributed by atoms with Crippen LogP contribution in [0.3, 0.4) is 0 Å². The van der Waals surface area contributed by atoms with Crippen molar-refractivity contribution < 1.29 is 19.4 Å². The SMILES string of the molecule is COc1ccc(-c2cc(C(=O)O)c3[nH]c(C)nc3n2)cc1OC. The van der Waals surface area contributed by atoms with Crippen LogP contribution in [-0.4, -0.2) is 40.2 Å². The van der Waals surface area contributed by atoms with Gasteiger partial charge in [-0.1, -0.05) is 0 Å². The zero-order valence-corrected chi connectivity index (χ0v) is 12.9. The predicted molar refractivity (Wildman–Crippen MR) is 84.1 cm³/mol. The van der Waals surface area contributed by atoms with Crippen LogP contribution in [0.4, 0.5) is 0 Å². The lowest BCUT2D eigenvalue weighted by molar-refractivity contribution is 0.0699. The fourth-order valence-corrected chi connectivity index (χ4v) is 2.42. The molecule has 0 saturated heterocycles. The summed E-state index contributed by atoms with van der Waals surface area (Å²) in [5, 5.41) is 9.43. The fourth-order valence-electron chi connectivity index (χ4n) is 2.42. The van der Waals surface area contributed by atoms with Crippen molar-refractivity contribution in [3.63, 3.8) is 0 Å². The van der Waals surface area contributed by atoms with E-state index in [1.54, 1.807) is 32.2 Å². The number of pyridine rings is 1. The summed E-state index contributed by atoms with van der Waals surface area (Å²) in [6.07, 6.45) is 0. The molecule has 0 aliphatic rings. The molecule has 7 nitrogen and oxygen atoms in total. The van der Waals surface area contributed by atoms with Crippen molar-refractivity contribution in [1.82, 2.24) is 15.0 Å². The number of aromatic carboxylic acids is 1. The summed E-state index contributed by atoms with van der Waals surface area (Å²) in [4.78, 5) is 23.1. The highest BCUT2D eigenvalue weighted by Crippen LogP contribution is 2.32. The number of benzene rings is 1. The Bertz CT molecular complexity index is 902. The first-order chi connectivity index (χ1) is 11.0.